The highest BCUT2D eigenvalue weighted by Gasteiger charge is 2.22. The van der Waals surface area contributed by atoms with Crippen LogP contribution in [0.1, 0.15) is 20.8 Å². The molecule has 5 heteroatoms. The number of amides is 1. The molecule has 1 N–H and O–H groups in total. The molecule has 0 aliphatic carbocycles. The van der Waals surface area contributed by atoms with Crippen molar-refractivity contribution in [3.63, 3.8) is 0 Å². The molecule has 0 spiro atoms. The number of carbonyl (C=O) groups excluding carboxylic acids is 1. The van der Waals surface area contributed by atoms with Crippen molar-refractivity contribution in [1.29, 1.82) is 0 Å². The predicted molar refractivity (Wildman–Crippen MR) is 65.0 cm³/mol. The van der Waals surface area contributed by atoms with E-state index in [0.717, 1.165) is 6.20 Å². The third-order valence-corrected chi connectivity index (χ3v) is 2.54. The van der Waals surface area contributed by atoms with E-state index >= 15 is 0 Å². The lowest BCUT2D eigenvalue weighted by molar-refractivity contribution is -0.123. The third kappa shape index (κ3) is 3.40. The van der Waals surface area contributed by atoms with Crippen LogP contribution in [0.2, 0.25) is 0 Å². The van der Waals surface area contributed by atoms with Gasteiger partial charge in [0.15, 0.2) is 0 Å². The first-order chi connectivity index (χ1) is 6.80. The Labute approximate surface area is 102 Å². The van der Waals surface area contributed by atoms with Crippen molar-refractivity contribution in [2.75, 3.05) is 5.32 Å². The fourth-order valence-corrected chi connectivity index (χ4v) is 1.37. The van der Waals surface area contributed by atoms with Crippen molar-refractivity contribution in [3.8, 4) is 0 Å². The van der Waals surface area contributed by atoms with Crippen LogP contribution in [0.4, 0.5) is 10.2 Å². The van der Waals surface area contributed by atoms with Crippen LogP contribution in [0.15, 0.2) is 12.3 Å². The standard InChI is InChI=1S/C10H12FIN2O/c1-10(2,3)9(15)14-8-7(12)4-6(11)5-13-8/h4-5H,1-3H3,(H,13,14,15). The van der Waals surface area contributed by atoms with Gasteiger partial charge in [-0.15, -0.1) is 0 Å². The smallest absolute Gasteiger partial charge is 0.230 e. The van der Waals surface area contributed by atoms with Crippen LogP contribution >= 0.6 is 22.6 Å². The van der Waals surface area contributed by atoms with E-state index in [-0.39, 0.29) is 5.91 Å². The Morgan fingerprint density at radius 2 is 2.13 bits per heavy atom. The number of hydrogen-bond donors (Lipinski definition) is 1. The fraction of sp³-hybridized carbons (Fsp3) is 0.400. The van der Waals surface area contributed by atoms with Gasteiger partial charge in [0.25, 0.3) is 0 Å². The number of hydrogen-bond acceptors (Lipinski definition) is 2. The second kappa shape index (κ2) is 4.42. The number of aromatic nitrogens is 1. The van der Waals surface area contributed by atoms with Crippen molar-refractivity contribution >= 4 is 34.3 Å². The Morgan fingerprint density at radius 3 is 2.60 bits per heavy atom. The quantitative estimate of drug-likeness (QED) is 0.808. The van der Waals surface area contributed by atoms with Gasteiger partial charge < -0.3 is 5.32 Å². The second-order valence-electron chi connectivity index (χ2n) is 4.19. The molecule has 0 aliphatic rings. The van der Waals surface area contributed by atoms with Crippen LogP contribution in [-0.4, -0.2) is 10.9 Å². The van der Waals surface area contributed by atoms with Gasteiger partial charge in [0.1, 0.15) is 11.6 Å². The molecule has 1 amide bonds. The number of carbonyl (C=O) groups is 1. The number of rotatable bonds is 1. The van der Waals surface area contributed by atoms with Crippen molar-refractivity contribution in [2.45, 2.75) is 20.8 Å². The van der Waals surface area contributed by atoms with Gasteiger partial charge >= 0.3 is 0 Å². The number of pyridine rings is 1. The summed E-state index contributed by atoms with van der Waals surface area (Å²) in [5.74, 6) is -0.149. The van der Waals surface area contributed by atoms with E-state index in [9.17, 15) is 9.18 Å². The van der Waals surface area contributed by atoms with Gasteiger partial charge in [0, 0.05) is 5.41 Å². The average Bonchev–Trinajstić information content (AvgIpc) is 2.08. The molecule has 1 aromatic heterocycles. The van der Waals surface area contributed by atoms with E-state index in [1.165, 1.54) is 6.07 Å². The summed E-state index contributed by atoms with van der Waals surface area (Å²) in [6.45, 7) is 5.41. The van der Waals surface area contributed by atoms with Gasteiger partial charge in [-0.3, -0.25) is 4.79 Å². The maximum atomic E-state index is 12.7. The molecule has 0 radical (unpaired) electrons. The van der Waals surface area contributed by atoms with Crippen LogP contribution in [0.3, 0.4) is 0 Å². The minimum atomic E-state index is -0.487. The predicted octanol–water partition coefficient (Wildman–Crippen LogP) is 2.81. The largest absolute Gasteiger partial charge is 0.309 e. The molecular formula is C10H12FIN2O. The van der Waals surface area contributed by atoms with Crippen LogP contribution in [0.5, 0.6) is 0 Å². The summed E-state index contributed by atoms with van der Waals surface area (Å²) in [6.07, 6.45) is 1.08. The monoisotopic (exact) mass is 322 g/mol. The normalized spacial score (nSPS) is 11.3. The van der Waals surface area contributed by atoms with E-state index in [1.54, 1.807) is 20.8 Å². The van der Waals surface area contributed by atoms with E-state index in [0.29, 0.717) is 9.39 Å². The van der Waals surface area contributed by atoms with Crippen LogP contribution in [0, 0.1) is 14.8 Å². The summed E-state index contributed by atoms with van der Waals surface area (Å²) in [5, 5.41) is 2.65. The Bertz CT molecular complexity index is 387. The Balaban J connectivity index is 2.87. The molecule has 0 bridgehead atoms. The molecule has 0 saturated heterocycles. The van der Waals surface area contributed by atoms with Crippen molar-refractivity contribution in [2.24, 2.45) is 5.41 Å². The van der Waals surface area contributed by atoms with Gasteiger partial charge in [-0.25, -0.2) is 9.37 Å². The lowest BCUT2D eigenvalue weighted by Gasteiger charge is -2.17. The number of nitrogens with zero attached hydrogens (tertiary/aromatic N) is 1. The first-order valence-corrected chi connectivity index (χ1v) is 5.51. The first kappa shape index (κ1) is 12.4. The summed E-state index contributed by atoms with van der Waals surface area (Å²) in [6, 6.07) is 1.33. The molecule has 0 unspecified atom stereocenters. The molecule has 0 saturated carbocycles. The third-order valence-electron chi connectivity index (χ3n) is 1.72. The van der Waals surface area contributed by atoms with E-state index in [2.05, 4.69) is 10.3 Å². The second-order valence-corrected chi connectivity index (χ2v) is 5.35. The van der Waals surface area contributed by atoms with Crippen LogP contribution in [0.25, 0.3) is 0 Å². The first-order valence-electron chi connectivity index (χ1n) is 4.43. The number of anilines is 1. The summed E-state index contributed by atoms with van der Waals surface area (Å²) >= 11 is 1.93. The molecule has 0 aromatic carbocycles. The van der Waals surface area contributed by atoms with E-state index < -0.39 is 11.2 Å². The minimum Gasteiger partial charge on any atom is -0.309 e. The molecule has 0 aliphatic heterocycles. The summed E-state index contributed by atoms with van der Waals surface area (Å²) in [4.78, 5) is 15.4. The molecule has 0 atom stereocenters. The van der Waals surface area contributed by atoms with Crippen molar-refractivity contribution < 1.29 is 9.18 Å². The molecule has 1 aromatic rings. The van der Waals surface area contributed by atoms with Gasteiger partial charge in [-0.2, -0.15) is 0 Å². The summed E-state index contributed by atoms with van der Waals surface area (Å²) in [5.41, 5.74) is -0.487. The maximum absolute atomic E-state index is 12.7. The average molecular weight is 322 g/mol. The van der Waals surface area contributed by atoms with Crippen LogP contribution in [-0.2, 0) is 4.79 Å². The highest BCUT2D eigenvalue weighted by Crippen LogP contribution is 2.20. The summed E-state index contributed by atoms with van der Waals surface area (Å²) in [7, 11) is 0. The fourth-order valence-electron chi connectivity index (χ4n) is 0.802. The Morgan fingerprint density at radius 1 is 1.53 bits per heavy atom. The topological polar surface area (TPSA) is 42.0 Å². The maximum Gasteiger partial charge on any atom is 0.230 e. The zero-order chi connectivity index (χ0) is 11.6. The molecular weight excluding hydrogens is 310 g/mol. The molecule has 3 nitrogen and oxygen atoms in total. The lowest BCUT2D eigenvalue weighted by atomic mass is 9.96. The highest BCUT2D eigenvalue weighted by atomic mass is 127. The Kier molecular flexibility index (Phi) is 3.64. The van der Waals surface area contributed by atoms with E-state index in [1.807, 2.05) is 22.6 Å². The minimum absolute atomic E-state index is 0.139. The zero-order valence-electron chi connectivity index (χ0n) is 8.77. The molecule has 82 valence electrons. The van der Waals surface area contributed by atoms with Gasteiger partial charge in [-0.05, 0) is 28.7 Å². The van der Waals surface area contributed by atoms with Crippen molar-refractivity contribution in [1.82, 2.24) is 4.98 Å². The SMILES string of the molecule is CC(C)(C)C(=O)Nc1ncc(F)cc1I. The Hall–Kier alpha value is -0.720. The van der Waals surface area contributed by atoms with Gasteiger partial charge in [0.05, 0.1) is 9.77 Å². The molecule has 1 heterocycles. The zero-order valence-corrected chi connectivity index (χ0v) is 10.9. The van der Waals surface area contributed by atoms with Gasteiger partial charge in [-0.1, -0.05) is 20.8 Å². The van der Waals surface area contributed by atoms with E-state index in [4.69, 9.17) is 0 Å². The molecule has 15 heavy (non-hydrogen) atoms. The molecule has 1 rings (SSSR count). The number of halogens is 2. The van der Waals surface area contributed by atoms with Crippen LogP contribution < -0.4 is 5.32 Å². The van der Waals surface area contributed by atoms with Crippen molar-refractivity contribution in [3.05, 3.63) is 21.7 Å². The highest BCUT2D eigenvalue weighted by molar-refractivity contribution is 14.1. The number of nitrogens with one attached hydrogen (secondary N) is 1. The lowest BCUT2D eigenvalue weighted by Crippen LogP contribution is -2.28. The van der Waals surface area contributed by atoms with Gasteiger partial charge in [0.2, 0.25) is 5.91 Å². The molecule has 0 fully saturated rings. The summed E-state index contributed by atoms with van der Waals surface area (Å²) < 4.78 is 13.3.